The highest BCUT2D eigenvalue weighted by atomic mass is 32.2. The standard InChI is InChI=1S/C8H16N4O2S/c1-7-8(6-10-12(7)3)15(13,14)11(2)5-4-9/h6H,4-5,9H2,1-3H3. The van der Waals surface area contributed by atoms with Crippen LogP contribution in [0.1, 0.15) is 5.69 Å². The van der Waals surface area contributed by atoms with Crippen LogP contribution >= 0.6 is 0 Å². The number of aryl methyl sites for hydroxylation is 1. The van der Waals surface area contributed by atoms with E-state index in [0.717, 1.165) is 0 Å². The molecule has 7 heteroatoms. The monoisotopic (exact) mass is 232 g/mol. The van der Waals surface area contributed by atoms with Crippen molar-refractivity contribution in [2.24, 2.45) is 12.8 Å². The highest BCUT2D eigenvalue weighted by molar-refractivity contribution is 7.89. The Bertz CT molecular complexity index is 437. The third-order valence-corrected chi connectivity index (χ3v) is 4.28. The Morgan fingerprint density at radius 3 is 2.60 bits per heavy atom. The summed E-state index contributed by atoms with van der Waals surface area (Å²) in [6.07, 6.45) is 1.36. The number of rotatable bonds is 4. The highest BCUT2D eigenvalue weighted by Crippen LogP contribution is 2.16. The van der Waals surface area contributed by atoms with Gasteiger partial charge in [-0.3, -0.25) is 4.68 Å². The molecule has 0 aliphatic carbocycles. The normalized spacial score (nSPS) is 12.3. The highest BCUT2D eigenvalue weighted by Gasteiger charge is 2.24. The maximum atomic E-state index is 12.0. The van der Waals surface area contributed by atoms with Crippen molar-refractivity contribution in [3.05, 3.63) is 11.9 Å². The molecule has 0 bridgehead atoms. The minimum atomic E-state index is -3.44. The van der Waals surface area contributed by atoms with E-state index in [-0.39, 0.29) is 4.90 Å². The Morgan fingerprint density at radius 2 is 2.20 bits per heavy atom. The van der Waals surface area contributed by atoms with Crippen molar-refractivity contribution in [1.82, 2.24) is 14.1 Å². The number of aromatic nitrogens is 2. The summed E-state index contributed by atoms with van der Waals surface area (Å²) in [4.78, 5) is 0.237. The van der Waals surface area contributed by atoms with Gasteiger partial charge >= 0.3 is 0 Å². The van der Waals surface area contributed by atoms with Crippen LogP contribution in [-0.2, 0) is 17.1 Å². The molecule has 1 heterocycles. The lowest BCUT2D eigenvalue weighted by Crippen LogP contribution is -2.32. The fourth-order valence-electron chi connectivity index (χ4n) is 1.20. The summed E-state index contributed by atoms with van der Waals surface area (Å²) in [5.74, 6) is 0. The molecule has 0 amide bonds. The van der Waals surface area contributed by atoms with Crippen LogP contribution in [0.5, 0.6) is 0 Å². The summed E-state index contributed by atoms with van der Waals surface area (Å²) in [6.45, 7) is 2.32. The van der Waals surface area contributed by atoms with Gasteiger partial charge in [0.25, 0.3) is 0 Å². The fraction of sp³-hybridized carbons (Fsp3) is 0.625. The van der Waals surface area contributed by atoms with Crippen LogP contribution in [0.3, 0.4) is 0 Å². The molecule has 0 saturated carbocycles. The predicted molar refractivity (Wildman–Crippen MR) is 56.8 cm³/mol. The number of nitrogens with two attached hydrogens (primary N) is 1. The number of sulfonamides is 1. The predicted octanol–water partition coefficient (Wildman–Crippen LogP) is -0.692. The van der Waals surface area contributed by atoms with Crippen molar-refractivity contribution in [2.45, 2.75) is 11.8 Å². The van der Waals surface area contributed by atoms with E-state index in [1.165, 1.54) is 22.2 Å². The molecule has 0 atom stereocenters. The van der Waals surface area contributed by atoms with E-state index in [1.807, 2.05) is 0 Å². The van der Waals surface area contributed by atoms with Crippen molar-refractivity contribution in [2.75, 3.05) is 20.1 Å². The van der Waals surface area contributed by atoms with Crippen LogP contribution in [0.4, 0.5) is 0 Å². The maximum Gasteiger partial charge on any atom is 0.246 e. The molecule has 0 aromatic carbocycles. The van der Waals surface area contributed by atoms with Gasteiger partial charge in [-0.25, -0.2) is 8.42 Å². The summed E-state index contributed by atoms with van der Waals surface area (Å²) < 4.78 is 26.7. The molecule has 15 heavy (non-hydrogen) atoms. The van der Waals surface area contributed by atoms with Crippen molar-refractivity contribution >= 4 is 10.0 Å². The Kier molecular flexibility index (Phi) is 3.48. The summed E-state index contributed by atoms with van der Waals surface area (Å²) in [7, 11) is -0.227. The first kappa shape index (κ1) is 12.2. The van der Waals surface area contributed by atoms with Crippen LogP contribution in [-0.4, -0.2) is 42.6 Å². The third kappa shape index (κ3) is 2.19. The number of hydrogen-bond donors (Lipinski definition) is 1. The SMILES string of the molecule is Cc1c(S(=O)(=O)N(C)CCN)cnn1C. The zero-order chi connectivity index (χ0) is 11.6. The van der Waals surface area contributed by atoms with Gasteiger partial charge in [0.2, 0.25) is 10.0 Å². The second-order valence-corrected chi connectivity index (χ2v) is 5.35. The first-order valence-electron chi connectivity index (χ1n) is 4.56. The van der Waals surface area contributed by atoms with Gasteiger partial charge in [0.05, 0.1) is 11.9 Å². The lowest BCUT2D eigenvalue weighted by molar-refractivity contribution is 0.476. The molecule has 0 aliphatic heterocycles. The van der Waals surface area contributed by atoms with Gasteiger partial charge in [-0.15, -0.1) is 0 Å². The van der Waals surface area contributed by atoms with Crippen LogP contribution in [0, 0.1) is 6.92 Å². The maximum absolute atomic E-state index is 12.0. The van der Waals surface area contributed by atoms with E-state index in [4.69, 9.17) is 5.73 Å². The van der Waals surface area contributed by atoms with Gasteiger partial charge < -0.3 is 5.73 Å². The summed E-state index contributed by atoms with van der Waals surface area (Å²) in [5.41, 5.74) is 5.94. The summed E-state index contributed by atoms with van der Waals surface area (Å²) in [5, 5.41) is 3.90. The van der Waals surface area contributed by atoms with Gasteiger partial charge in [-0.05, 0) is 6.92 Å². The van der Waals surface area contributed by atoms with E-state index >= 15 is 0 Å². The van der Waals surface area contributed by atoms with Crippen LogP contribution < -0.4 is 5.73 Å². The minimum absolute atomic E-state index is 0.237. The molecule has 2 N–H and O–H groups in total. The molecule has 0 unspecified atom stereocenters. The molecular formula is C8H16N4O2S. The molecule has 0 fully saturated rings. The van der Waals surface area contributed by atoms with Crippen molar-refractivity contribution < 1.29 is 8.42 Å². The Labute approximate surface area is 89.7 Å². The van der Waals surface area contributed by atoms with Crippen LogP contribution in [0.15, 0.2) is 11.1 Å². The molecule has 0 saturated heterocycles. The van der Waals surface area contributed by atoms with Crippen molar-refractivity contribution in [3.8, 4) is 0 Å². The van der Waals surface area contributed by atoms with E-state index in [0.29, 0.717) is 18.8 Å². The first-order valence-corrected chi connectivity index (χ1v) is 6.00. The third-order valence-electron chi connectivity index (χ3n) is 2.32. The topological polar surface area (TPSA) is 81.2 Å². The van der Waals surface area contributed by atoms with Crippen LogP contribution in [0.2, 0.25) is 0 Å². The largest absolute Gasteiger partial charge is 0.329 e. The number of likely N-dealkylation sites (N-methyl/N-ethyl adjacent to an activating group) is 1. The van der Waals surface area contributed by atoms with Gasteiger partial charge in [-0.1, -0.05) is 0 Å². The number of hydrogen-bond acceptors (Lipinski definition) is 4. The second kappa shape index (κ2) is 4.30. The fourth-order valence-corrected chi connectivity index (χ4v) is 2.57. The van der Waals surface area contributed by atoms with E-state index < -0.39 is 10.0 Å². The van der Waals surface area contributed by atoms with E-state index in [1.54, 1.807) is 14.0 Å². The molecule has 1 aromatic rings. The molecule has 0 radical (unpaired) electrons. The average Bonchev–Trinajstić information content (AvgIpc) is 2.48. The Balaban J connectivity index is 3.12. The van der Waals surface area contributed by atoms with Crippen molar-refractivity contribution in [1.29, 1.82) is 0 Å². The molecule has 0 aliphatic rings. The lowest BCUT2D eigenvalue weighted by Gasteiger charge is -2.15. The second-order valence-electron chi connectivity index (χ2n) is 3.33. The Hall–Kier alpha value is -0.920. The van der Waals surface area contributed by atoms with Crippen LogP contribution in [0.25, 0.3) is 0 Å². The quantitative estimate of drug-likeness (QED) is 0.745. The smallest absolute Gasteiger partial charge is 0.246 e. The van der Waals surface area contributed by atoms with Gasteiger partial charge in [0, 0.05) is 27.2 Å². The zero-order valence-electron chi connectivity index (χ0n) is 9.14. The molecule has 1 rings (SSSR count). The van der Waals surface area contributed by atoms with E-state index in [9.17, 15) is 8.42 Å². The summed E-state index contributed by atoms with van der Waals surface area (Å²) in [6, 6.07) is 0. The number of nitrogens with zero attached hydrogens (tertiary/aromatic N) is 3. The average molecular weight is 232 g/mol. The van der Waals surface area contributed by atoms with Gasteiger partial charge in [0.1, 0.15) is 4.90 Å². The minimum Gasteiger partial charge on any atom is -0.329 e. The first-order chi connectivity index (χ1) is 6.91. The van der Waals surface area contributed by atoms with Crippen molar-refractivity contribution in [3.63, 3.8) is 0 Å². The molecule has 1 aromatic heterocycles. The zero-order valence-corrected chi connectivity index (χ0v) is 9.95. The molecule has 86 valence electrons. The van der Waals surface area contributed by atoms with Gasteiger partial charge in [0.15, 0.2) is 0 Å². The summed E-state index contributed by atoms with van der Waals surface area (Å²) >= 11 is 0. The molecule has 0 spiro atoms. The Morgan fingerprint density at radius 1 is 1.60 bits per heavy atom. The lowest BCUT2D eigenvalue weighted by atomic mass is 10.5. The van der Waals surface area contributed by atoms with E-state index in [2.05, 4.69) is 5.10 Å². The van der Waals surface area contributed by atoms with Gasteiger partial charge in [-0.2, -0.15) is 9.40 Å². The molecular weight excluding hydrogens is 216 g/mol. The molecule has 6 nitrogen and oxygen atoms in total.